The van der Waals surface area contributed by atoms with Crippen molar-refractivity contribution in [3.05, 3.63) is 58.4 Å². The molecule has 0 aliphatic carbocycles. The fourth-order valence-corrected chi connectivity index (χ4v) is 3.63. The highest BCUT2D eigenvalue weighted by Crippen LogP contribution is 2.28. The smallest absolute Gasteiger partial charge is 0.329 e. The van der Waals surface area contributed by atoms with Gasteiger partial charge in [-0.05, 0) is 51.8 Å². The standard InChI is InChI=1S/C17H21BrN10O5/c18-12-6-15(30)28(7-14(12)29)13(5-11-3-1-2-4-32-11)16(31)33-17(8-22-25-19,9-23-26-20)10-24-27-21/h6-7,11,13,29H,1-5,8-10H2/t11-,13?/m0/s1. The number of carbonyl (C=O) groups is 1. The second-order valence-electron chi connectivity index (χ2n) is 7.26. The average molecular weight is 525 g/mol. The number of halogens is 1. The quantitative estimate of drug-likeness (QED) is 0.195. The molecule has 1 fully saturated rings. The van der Waals surface area contributed by atoms with Gasteiger partial charge in [0.1, 0.15) is 17.4 Å². The predicted octanol–water partition coefficient (Wildman–Crippen LogP) is 4.03. The molecule has 176 valence electrons. The maximum atomic E-state index is 13.3. The zero-order valence-electron chi connectivity index (χ0n) is 17.4. The number of aromatic hydroxyl groups is 1. The van der Waals surface area contributed by atoms with Crippen LogP contribution in [0.15, 0.2) is 36.9 Å². The molecule has 2 rings (SSSR count). The van der Waals surface area contributed by atoms with Crippen LogP contribution in [-0.2, 0) is 14.3 Å². The molecule has 16 heteroatoms. The second-order valence-corrected chi connectivity index (χ2v) is 8.12. The summed E-state index contributed by atoms with van der Waals surface area (Å²) in [7, 11) is 0. The first-order valence-corrected chi connectivity index (χ1v) is 10.6. The first kappa shape index (κ1) is 25.8. The molecule has 1 aromatic heterocycles. The number of hydrogen-bond acceptors (Lipinski definition) is 8. The van der Waals surface area contributed by atoms with Gasteiger partial charge in [0.25, 0.3) is 5.56 Å². The van der Waals surface area contributed by atoms with Gasteiger partial charge < -0.3 is 14.6 Å². The van der Waals surface area contributed by atoms with Crippen molar-refractivity contribution >= 4 is 21.9 Å². The van der Waals surface area contributed by atoms with Crippen LogP contribution in [0.4, 0.5) is 0 Å². The molecule has 0 saturated carbocycles. The number of esters is 1. The van der Waals surface area contributed by atoms with Gasteiger partial charge in [0, 0.05) is 33.8 Å². The fraction of sp³-hybridized carbons (Fsp3) is 0.647. The first-order valence-electron chi connectivity index (χ1n) is 9.83. The summed E-state index contributed by atoms with van der Waals surface area (Å²) in [6.07, 6.45) is 3.20. The van der Waals surface area contributed by atoms with Crippen molar-refractivity contribution in [3.63, 3.8) is 0 Å². The van der Waals surface area contributed by atoms with Crippen LogP contribution in [-0.4, -0.2) is 53.6 Å². The van der Waals surface area contributed by atoms with Gasteiger partial charge in [0.2, 0.25) is 0 Å². The SMILES string of the molecule is [N-]=[N+]=NCC(CN=[N+]=[N-])(CN=[N+]=[N-])OC(=O)C(C[C@@H]1CCCCO1)n1cc(O)c(Br)cc1=O. The van der Waals surface area contributed by atoms with Gasteiger partial charge in [-0.3, -0.25) is 9.36 Å². The molecule has 0 radical (unpaired) electrons. The topological polar surface area (TPSA) is 224 Å². The lowest BCUT2D eigenvalue weighted by molar-refractivity contribution is -0.163. The Balaban J connectivity index is 2.48. The Bertz CT molecular complexity index is 1000. The number of ether oxygens (including phenoxy) is 2. The van der Waals surface area contributed by atoms with E-state index in [1.165, 1.54) is 0 Å². The minimum absolute atomic E-state index is 0.0560. The minimum atomic E-state index is -1.77. The van der Waals surface area contributed by atoms with E-state index >= 15 is 0 Å². The lowest BCUT2D eigenvalue weighted by Crippen LogP contribution is -2.47. The van der Waals surface area contributed by atoms with Gasteiger partial charge in [0.05, 0.1) is 36.4 Å². The summed E-state index contributed by atoms with van der Waals surface area (Å²) in [4.78, 5) is 33.9. The normalized spacial score (nSPS) is 17.9. The van der Waals surface area contributed by atoms with Gasteiger partial charge in [-0.2, -0.15) is 0 Å². The highest BCUT2D eigenvalue weighted by Gasteiger charge is 2.37. The molecule has 1 saturated heterocycles. The summed E-state index contributed by atoms with van der Waals surface area (Å²) in [6.45, 7) is -0.956. The van der Waals surface area contributed by atoms with Crippen molar-refractivity contribution in [3.8, 4) is 5.75 Å². The van der Waals surface area contributed by atoms with E-state index in [9.17, 15) is 14.7 Å². The number of aromatic nitrogens is 1. The molecular formula is C17H21BrN10O5. The van der Waals surface area contributed by atoms with Crippen LogP contribution in [0.2, 0.25) is 0 Å². The van der Waals surface area contributed by atoms with Crippen LogP contribution in [0.1, 0.15) is 31.7 Å². The zero-order chi connectivity index (χ0) is 24.3. The molecule has 1 unspecified atom stereocenters. The summed E-state index contributed by atoms with van der Waals surface area (Å²) in [5, 5.41) is 20.3. The summed E-state index contributed by atoms with van der Waals surface area (Å²) in [5.74, 6) is -1.22. The molecule has 33 heavy (non-hydrogen) atoms. The molecule has 0 spiro atoms. The molecule has 15 nitrogen and oxygen atoms in total. The Hall–Kier alpha value is -3.41. The third kappa shape index (κ3) is 7.31. The predicted molar refractivity (Wildman–Crippen MR) is 118 cm³/mol. The molecule has 1 aliphatic rings. The lowest BCUT2D eigenvalue weighted by Gasteiger charge is -2.33. The summed E-state index contributed by atoms with van der Waals surface area (Å²) >= 11 is 3.06. The van der Waals surface area contributed by atoms with Crippen molar-refractivity contribution in [2.45, 2.75) is 43.4 Å². The molecule has 0 bridgehead atoms. The van der Waals surface area contributed by atoms with E-state index in [0.29, 0.717) is 13.0 Å². The Morgan fingerprint density at radius 1 is 1.24 bits per heavy atom. The van der Waals surface area contributed by atoms with Gasteiger partial charge in [-0.15, -0.1) is 0 Å². The molecule has 0 amide bonds. The summed E-state index contributed by atoms with van der Waals surface area (Å²) in [6, 6.07) is -0.132. The molecule has 1 aliphatic heterocycles. The van der Waals surface area contributed by atoms with Crippen molar-refractivity contribution < 1.29 is 19.4 Å². The van der Waals surface area contributed by atoms with E-state index in [-0.39, 0.29) is 22.7 Å². The average Bonchev–Trinajstić information content (AvgIpc) is 2.81. The van der Waals surface area contributed by atoms with E-state index in [2.05, 4.69) is 46.0 Å². The van der Waals surface area contributed by atoms with Gasteiger partial charge in [0.15, 0.2) is 0 Å². The number of azide groups is 3. The van der Waals surface area contributed by atoms with Crippen molar-refractivity contribution in [2.75, 3.05) is 26.2 Å². The molecular weight excluding hydrogens is 504 g/mol. The maximum absolute atomic E-state index is 13.3. The second kappa shape index (κ2) is 12.6. The number of carbonyl (C=O) groups excluding carboxylic acids is 1. The van der Waals surface area contributed by atoms with Crippen LogP contribution < -0.4 is 5.56 Å². The van der Waals surface area contributed by atoms with E-state index in [4.69, 9.17) is 26.1 Å². The van der Waals surface area contributed by atoms with Crippen LogP contribution in [0.5, 0.6) is 5.75 Å². The highest BCUT2D eigenvalue weighted by atomic mass is 79.9. The van der Waals surface area contributed by atoms with Crippen LogP contribution >= 0.6 is 15.9 Å². The Kier molecular flexibility index (Phi) is 9.85. The Morgan fingerprint density at radius 2 is 1.85 bits per heavy atom. The summed E-state index contributed by atoms with van der Waals surface area (Å²) in [5.41, 5.74) is 23.8. The van der Waals surface area contributed by atoms with E-state index in [1.54, 1.807) is 0 Å². The van der Waals surface area contributed by atoms with E-state index < -0.39 is 42.8 Å². The third-order valence-corrected chi connectivity index (χ3v) is 5.60. The summed E-state index contributed by atoms with van der Waals surface area (Å²) < 4.78 is 12.5. The third-order valence-electron chi connectivity index (χ3n) is 4.96. The van der Waals surface area contributed by atoms with Crippen LogP contribution in [0.3, 0.4) is 0 Å². The molecule has 2 atom stereocenters. The molecule has 2 heterocycles. The zero-order valence-corrected chi connectivity index (χ0v) is 19.0. The largest absolute Gasteiger partial charge is 0.505 e. The first-order chi connectivity index (χ1) is 15.9. The van der Waals surface area contributed by atoms with E-state index in [0.717, 1.165) is 29.7 Å². The number of pyridine rings is 1. The highest BCUT2D eigenvalue weighted by molar-refractivity contribution is 9.10. The van der Waals surface area contributed by atoms with Crippen molar-refractivity contribution in [2.24, 2.45) is 15.3 Å². The van der Waals surface area contributed by atoms with Crippen LogP contribution in [0, 0.1) is 0 Å². The molecule has 1 aromatic rings. The number of hydrogen-bond donors (Lipinski definition) is 1. The monoisotopic (exact) mass is 524 g/mol. The van der Waals surface area contributed by atoms with Gasteiger partial charge in [-0.25, -0.2) is 4.79 Å². The molecule has 0 aromatic carbocycles. The van der Waals surface area contributed by atoms with Crippen molar-refractivity contribution in [1.29, 1.82) is 0 Å². The maximum Gasteiger partial charge on any atom is 0.329 e. The molecule has 1 N–H and O–H groups in total. The van der Waals surface area contributed by atoms with Crippen LogP contribution in [0.25, 0.3) is 31.3 Å². The number of nitrogens with zero attached hydrogens (tertiary/aromatic N) is 10. The number of rotatable bonds is 11. The minimum Gasteiger partial charge on any atom is -0.505 e. The fourth-order valence-electron chi connectivity index (χ4n) is 3.33. The van der Waals surface area contributed by atoms with Gasteiger partial charge in [-0.1, -0.05) is 15.3 Å². The Labute approximate surface area is 195 Å². The van der Waals surface area contributed by atoms with E-state index in [1.807, 2.05) is 0 Å². The lowest BCUT2D eigenvalue weighted by atomic mass is 10.0. The van der Waals surface area contributed by atoms with Gasteiger partial charge >= 0.3 is 5.97 Å². The Morgan fingerprint density at radius 3 is 2.36 bits per heavy atom. The van der Waals surface area contributed by atoms with Crippen molar-refractivity contribution in [1.82, 2.24) is 4.57 Å².